The summed E-state index contributed by atoms with van der Waals surface area (Å²) in [5, 5.41) is 11.0. The Bertz CT molecular complexity index is 1200. The highest BCUT2D eigenvalue weighted by Crippen LogP contribution is 2.44. The molecule has 0 radical (unpaired) electrons. The van der Waals surface area contributed by atoms with Crippen molar-refractivity contribution in [3.05, 3.63) is 71.9 Å². The van der Waals surface area contributed by atoms with E-state index >= 15 is 0 Å². The monoisotopic (exact) mass is 730 g/mol. The van der Waals surface area contributed by atoms with E-state index < -0.39 is 40.8 Å². The fourth-order valence-corrected chi connectivity index (χ4v) is 13.6. The van der Waals surface area contributed by atoms with Crippen LogP contribution in [0.25, 0.3) is 0 Å². The van der Waals surface area contributed by atoms with Gasteiger partial charge in [-0.25, -0.2) is 9.59 Å². The standard InChI is InChI=1S/C41H70O7Si2/c1-30(2)50(31(3)4,32(5)6)48-38-26-25-36(42)21-17-15-19-23-41(44)46-39(35(9)28-34(8)24-27-40(43)45-10)29-33(7)20-16-14-18-22-37(38)47-49(11,12)13/h14,16,19-20,23-28,30-32,35-39,42H,15,17-18,21-22,29H2,1-13H3/b16-14+,23-19+,26-25+,27-24+,33-20+,34-28+/t35-,36-,37-,38-,39-/m1/s1. The molecule has 9 heteroatoms. The van der Waals surface area contributed by atoms with Crippen LogP contribution in [0, 0.1) is 5.92 Å². The molecule has 0 unspecified atom stereocenters. The molecule has 1 aliphatic heterocycles. The number of esters is 2. The average molecular weight is 731 g/mol. The summed E-state index contributed by atoms with van der Waals surface area (Å²) in [6.45, 7) is 26.5. The zero-order valence-electron chi connectivity index (χ0n) is 33.5. The minimum Gasteiger partial charge on any atom is -0.466 e. The number of aliphatic hydroxyl groups excluding tert-OH is 1. The summed E-state index contributed by atoms with van der Waals surface area (Å²) in [5.74, 6) is -0.911. The van der Waals surface area contributed by atoms with E-state index in [1.165, 1.54) is 19.3 Å². The molecule has 1 rings (SSSR count). The van der Waals surface area contributed by atoms with Crippen LogP contribution in [0.15, 0.2) is 71.9 Å². The van der Waals surface area contributed by atoms with Crippen LogP contribution in [-0.4, -0.2) is 65.2 Å². The number of allylic oxidation sites excluding steroid dienone is 6. The molecule has 5 atom stereocenters. The molecule has 0 aliphatic carbocycles. The Balaban J connectivity index is 3.51. The molecule has 1 aliphatic rings. The minimum atomic E-state index is -2.26. The number of ether oxygens (including phenoxy) is 2. The Morgan fingerprint density at radius 2 is 1.58 bits per heavy atom. The summed E-state index contributed by atoms with van der Waals surface area (Å²) < 4.78 is 24.9. The van der Waals surface area contributed by atoms with Crippen LogP contribution >= 0.6 is 0 Å². The summed E-state index contributed by atoms with van der Waals surface area (Å²) in [6.07, 6.45) is 21.4. The summed E-state index contributed by atoms with van der Waals surface area (Å²) in [7, 11) is -2.86. The van der Waals surface area contributed by atoms with E-state index in [2.05, 4.69) is 92.4 Å². The molecule has 1 N–H and O–H groups in total. The Hall–Kier alpha value is -2.31. The summed E-state index contributed by atoms with van der Waals surface area (Å²) in [6, 6.07) is 0. The SMILES string of the molecule is COC(=O)/C=C/C(C)=C/[C@@H](C)[C@H]1C/C(C)=C/C=C/CC[C@@H](O[Si](C)(C)C)[C@H](O[Si](C(C)C)(C(C)C)C(C)C)/C=C/[C@H](O)CCC/C=C/C(=O)O1. The Kier molecular flexibility index (Phi) is 20.7. The quantitative estimate of drug-likeness (QED) is 0.0744. The van der Waals surface area contributed by atoms with Gasteiger partial charge in [0.2, 0.25) is 8.32 Å². The minimum absolute atomic E-state index is 0.101. The van der Waals surface area contributed by atoms with Crippen LogP contribution < -0.4 is 0 Å². The van der Waals surface area contributed by atoms with Crippen LogP contribution in [0.4, 0.5) is 0 Å². The lowest BCUT2D eigenvalue weighted by Crippen LogP contribution is -2.53. The maximum atomic E-state index is 12.9. The van der Waals surface area contributed by atoms with Crippen molar-refractivity contribution in [3.8, 4) is 0 Å². The third-order valence-corrected chi connectivity index (χ3v) is 16.4. The van der Waals surface area contributed by atoms with Crippen molar-refractivity contribution >= 4 is 28.6 Å². The van der Waals surface area contributed by atoms with E-state index in [1.807, 2.05) is 32.1 Å². The maximum absolute atomic E-state index is 12.9. The van der Waals surface area contributed by atoms with E-state index in [0.717, 1.165) is 30.4 Å². The Morgan fingerprint density at radius 3 is 2.16 bits per heavy atom. The van der Waals surface area contributed by atoms with E-state index in [-0.39, 0.29) is 18.1 Å². The molecular weight excluding hydrogens is 661 g/mol. The fourth-order valence-electron chi connectivity index (χ4n) is 6.93. The van der Waals surface area contributed by atoms with Crippen molar-refractivity contribution in [1.29, 1.82) is 0 Å². The number of rotatable bonds is 11. The number of methoxy groups -OCH3 is 1. The van der Waals surface area contributed by atoms with Gasteiger partial charge in [0, 0.05) is 24.5 Å². The molecule has 7 nitrogen and oxygen atoms in total. The van der Waals surface area contributed by atoms with Gasteiger partial charge in [0.05, 0.1) is 25.4 Å². The number of cyclic esters (lactones) is 1. The molecule has 0 aromatic heterocycles. The predicted octanol–water partition coefficient (Wildman–Crippen LogP) is 10.3. The van der Waals surface area contributed by atoms with E-state index in [1.54, 1.807) is 6.08 Å². The first kappa shape index (κ1) is 45.7. The fraction of sp³-hybridized carbons (Fsp3) is 0.659. The molecule has 0 spiro atoms. The molecule has 1 heterocycles. The first-order valence-electron chi connectivity index (χ1n) is 18.7. The van der Waals surface area contributed by atoms with Gasteiger partial charge in [-0.05, 0) is 82.2 Å². The number of aliphatic hydroxyl groups is 1. The predicted molar refractivity (Wildman–Crippen MR) is 213 cm³/mol. The van der Waals surface area contributed by atoms with E-state index in [0.29, 0.717) is 35.9 Å². The highest BCUT2D eigenvalue weighted by Gasteiger charge is 2.47. The number of carbonyl (C=O) groups excluding carboxylic acids is 2. The van der Waals surface area contributed by atoms with Crippen LogP contribution in [0.3, 0.4) is 0 Å². The van der Waals surface area contributed by atoms with Crippen LogP contribution in [0.1, 0.15) is 101 Å². The largest absolute Gasteiger partial charge is 0.466 e. The Labute approximate surface area is 307 Å². The highest BCUT2D eigenvalue weighted by molar-refractivity contribution is 6.77. The van der Waals surface area contributed by atoms with E-state index in [4.69, 9.17) is 18.3 Å². The van der Waals surface area contributed by atoms with Crippen LogP contribution in [0.2, 0.25) is 36.3 Å². The van der Waals surface area contributed by atoms with Gasteiger partial charge in [0.15, 0.2) is 8.32 Å². The molecule has 0 bridgehead atoms. The zero-order valence-corrected chi connectivity index (χ0v) is 35.5. The van der Waals surface area contributed by atoms with E-state index in [9.17, 15) is 14.7 Å². The first-order valence-corrected chi connectivity index (χ1v) is 24.2. The summed E-state index contributed by atoms with van der Waals surface area (Å²) in [4.78, 5) is 24.5. The number of hydrogen-bond acceptors (Lipinski definition) is 7. The molecule has 0 saturated carbocycles. The normalized spacial score (nSPS) is 26.7. The molecular formula is C41H70O7Si2. The van der Waals surface area contributed by atoms with Gasteiger partial charge in [-0.15, -0.1) is 0 Å². The molecule has 0 amide bonds. The van der Waals surface area contributed by atoms with Gasteiger partial charge in [-0.1, -0.05) is 108 Å². The molecule has 0 fully saturated rings. The van der Waals surface area contributed by atoms with Gasteiger partial charge < -0.3 is 23.4 Å². The summed E-state index contributed by atoms with van der Waals surface area (Å²) in [5.41, 5.74) is 3.23. The smallest absolute Gasteiger partial charge is 0.330 e. The van der Waals surface area contributed by atoms with Crippen molar-refractivity contribution in [3.63, 3.8) is 0 Å². The second kappa shape index (κ2) is 22.6. The lowest BCUT2D eigenvalue weighted by atomic mass is 9.95. The van der Waals surface area contributed by atoms with Crippen LogP contribution in [-0.2, 0) is 27.9 Å². The molecule has 50 heavy (non-hydrogen) atoms. The van der Waals surface area contributed by atoms with Crippen molar-refractivity contribution in [2.24, 2.45) is 5.92 Å². The molecule has 0 aromatic rings. The number of hydrogen-bond donors (Lipinski definition) is 1. The molecule has 284 valence electrons. The number of carbonyl (C=O) groups is 2. The van der Waals surface area contributed by atoms with Crippen molar-refractivity contribution in [2.75, 3.05) is 7.11 Å². The second-order valence-corrected chi connectivity index (χ2v) is 25.6. The van der Waals surface area contributed by atoms with Gasteiger partial charge in [-0.2, -0.15) is 0 Å². The highest BCUT2D eigenvalue weighted by atomic mass is 28.4. The van der Waals surface area contributed by atoms with Gasteiger partial charge in [-0.3, -0.25) is 0 Å². The zero-order chi connectivity index (χ0) is 38.1. The van der Waals surface area contributed by atoms with Gasteiger partial charge in [0.1, 0.15) is 6.10 Å². The van der Waals surface area contributed by atoms with Crippen LogP contribution in [0.5, 0.6) is 0 Å². The van der Waals surface area contributed by atoms with Crippen molar-refractivity contribution in [2.45, 2.75) is 162 Å². The second-order valence-electron chi connectivity index (χ2n) is 15.8. The third kappa shape index (κ3) is 16.8. The Morgan fingerprint density at radius 1 is 0.940 bits per heavy atom. The third-order valence-electron chi connectivity index (χ3n) is 9.29. The lowest BCUT2D eigenvalue weighted by molar-refractivity contribution is -0.144. The van der Waals surface area contributed by atoms with Gasteiger partial charge in [0.25, 0.3) is 0 Å². The molecule has 0 aromatic carbocycles. The van der Waals surface area contributed by atoms with Crippen molar-refractivity contribution < 1.29 is 33.0 Å². The molecule has 0 saturated heterocycles. The first-order chi connectivity index (χ1) is 23.3. The lowest BCUT2D eigenvalue weighted by Gasteiger charge is -2.46. The summed E-state index contributed by atoms with van der Waals surface area (Å²) >= 11 is 0. The topological polar surface area (TPSA) is 91.3 Å². The maximum Gasteiger partial charge on any atom is 0.330 e. The average Bonchev–Trinajstić information content (AvgIpc) is 3.00. The van der Waals surface area contributed by atoms with Gasteiger partial charge >= 0.3 is 11.9 Å². The van der Waals surface area contributed by atoms with Crippen molar-refractivity contribution in [1.82, 2.24) is 0 Å².